The zero-order valence-corrected chi connectivity index (χ0v) is 16.3. The lowest BCUT2D eigenvalue weighted by Crippen LogP contribution is -2.22. The van der Waals surface area contributed by atoms with Crippen LogP contribution in [0, 0.1) is 0 Å². The van der Waals surface area contributed by atoms with Crippen molar-refractivity contribution in [2.24, 2.45) is 0 Å². The summed E-state index contributed by atoms with van der Waals surface area (Å²) in [7, 11) is 0. The topological polar surface area (TPSA) is 81.9 Å². The maximum atomic E-state index is 12.4. The SMILES string of the molecule is CC(Sc1nnnn1-c1ccc(OC(F)(F)F)cc1)C(=O)Nc1cccc(Cl)c1. The number of alkyl halides is 3. The van der Waals surface area contributed by atoms with Crippen molar-refractivity contribution in [3.63, 3.8) is 0 Å². The van der Waals surface area contributed by atoms with E-state index < -0.39 is 11.6 Å². The van der Waals surface area contributed by atoms with Gasteiger partial charge in [0.2, 0.25) is 11.1 Å². The minimum atomic E-state index is -4.77. The molecule has 1 heterocycles. The summed E-state index contributed by atoms with van der Waals surface area (Å²) in [6, 6.07) is 11.8. The molecule has 1 unspecified atom stereocenters. The van der Waals surface area contributed by atoms with Crippen molar-refractivity contribution in [3.8, 4) is 11.4 Å². The average molecular weight is 444 g/mol. The van der Waals surface area contributed by atoms with Crippen LogP contribution in [0.2, 0.25) is 5.02 Å². The van der Waals surface area contributed by atoms with E-state index in [1.807, 2.05) is 0 Å². The van der Waals surface area contributed by atoms with Crippen LogP contribution in [0.25, 0.3) is 5.69 Å². The van der Waals surface area contributed by atoms with Crippen LogP contribution in [-0.4, -0.2) is 37.7 Å². The van der Waals surface area contributed by atoms with Crippen molar-refractivity contribution >= 4 is 35.0 Å². The Labute approximate surface area is 172 Å². The van der Waals surface area contributed by atoms with Crippen molar-refractivity contribution in [1.29, 1.82) is 0 Å². The van der Waals surface area contributed by atoms with Crippen LogP contribution in [0.3, 0.4) is 0 Å². The number of anilines is 1. The monoisotopic (exact) mass is 443 g/mol. The highest BCUT2D eigenvalue weighted by Gasteiger charge is 2.31. The normalized spacial score (nSPS) is 12.4. The van der Waals surface area contributed by atoms with Crippen LogP contribution in [0.5, 0.6) is 5.75 Å². The molecule has 0 saturated heterocycles. The third-order valence-corrected chi connectivity index (χ3v) is 4.77. The van der Waals surface area contributed by atoms with E-state index in [2.05, 4.69) is 25.6 Å². The second-order valence-corrected chi connectivity index (χ2v) is 7.42. The van der Waals surface area contributed by atoms with E-state index in [-0.39, 0.29) is 11.7 Å². The van der Waals surface area contributed by atoms with E-state index in [1.54, 1.807) is 31.2 Å². The van der Waals surface area contributed by atoms with Gasteiger partial charge in [0.05, 0.1) is 10.9 Å². The van der Waals surface area contributed by atoms with Gasteiger partial charge in [0.25, 0.3) is 0 Å². The van der Waals surface area contributed by atoms with E-state index in [0.717, 1.165) is 23.9 Å². The summed E-state index contributed by atoms with van der Waals surface area (Å²) in [5, 5.41) is 14.2. The summed E-state index contributed by atoms with van der Waals surface area (Å²) in [6.45, 7) is 1.67. The Morgan fingerprint density at radius 1 is 1.24 bits per heavy atom. The summed E-state index contributed by atoms with van der Waals surface area (Å²) in [4.78, 5) is 12.4. The first-order chi connectivity index (χ1) is 13.7. The van der Waals surface area contributed by atoms with Gasteiger partial charge in [0.15, 0.2) is 0 Å². The molecule has 0 radical (unpaired) electrons. The maximum absolute atomic E-state index is 12.4. The van der Waals surface area contributed by atoms with Gasteiger partial charge in [0.1, 0.15) is 5.75 Å². The molecule has 0 bridgehead atoms. The number of aromatic nitrogens is 4. The molecule has 12 heteroatoms. The molecule has 1 N–H and O–H groups in total. The summed E-state index contributed by atoms with van der Waals surface area (Å²) in [6.07, 6.45) is -4.77. The van der Waals surface area contributed by atoms with Crippen molar-refractivity contribution in [1.82, 2.24) is 20.2 Å². The molecule has 0 aliphatic carbocycles. The molecule has 1 atom stereocenters. The molecule has 7 nitrogen and oxygen atoms in total. The van der Waals surface area contributed by atoms with Gasteiger partial charge in [0, 0.05) is 10.7 Å². The number of halogens is 4. The van der Waals surface area contributed by atoms with Crippen molar-refractivity contribution in [2.75, 3.05) is 5.32 Å². The Balaban J connectivity index is 1.69. The lowest BCUT2D eigenvalue weighted by molar-refractivity contribution is -0.274. The number of nitrogens with one attached hydrogen (secondary N) is 1. The third-order valence-electron chi connectivity index (χ3n) is 3.50. The standard InChI is InChI=1S/C17H13ClF3N5O2S/c1-10(15(27)22-12-4-2-3-11(18)9-12)29-16-23-24-25-26(16)13-5-7-14(8-6-13)28-17(19,20)21/h2-10H,1H3,(H,22,27). The first-order valence-electron chi connectivity index (χ1n) is 8.09. The maximum Gasteiger partial charge on any atom is 0.573 e. The molecule has 3 rings (SSSR count). The van der Waals surface area contributed by atoms with Gasteiger partial charge in [-0.1, -0.05) is 29.4 Å². The zero-order valence-electron chi connectivity index (χ0n) is 14.7. The zero-order chi connectivity index (χ0) is 21.0. The number of nitrogens with zero attached hydrogens (tertiary/aromatic N) is 4. The number of amides is 1. The summed E-state index contributed by atoms with van der Waals surface area (Å²) in [5.41, 5.74) is 0.962. The predicted molar refractivity (Wildman–Crippen MR) is 101 cm³/mol. The summed E-state index contributed by atoms with van der Waals surface area (Å²) in [5.74, 6) is -0.654. The number of benzene rings is 2. The highest BCUT2D eigenvalue weighted by molar-refractivity contribution is 8.00. The van der Waals surface area contributed by atoms with Gasteiger partial charge in [-0.15, -0.1) is 18.3 Å². The van der Waals surface area contributed by atoms with Crippen LogP contribution >= 0.6 is 23.4 Å². The van der Waals surface area contributed by atoms with Gasteiger partial charge in [-0.2, -0.15) is 4.68 Å². The molecule has 0 aliphatic heterocycles. The molecule has 3 aromatic rings. The van der Waals surface area contributed by atoms with E-state index in [0.29, 0.717) is 21.6 Å². The van der Waals surface area contributed by atoms with Gasteiger partial charge < -0.3 is 10.1 Å². The molecule has 29 heavy (non-hydrogen) atoms. The van der Waals surface area contributed by atoms with Crippen LogP contribution in [-0.2, 0) is 4.79 Å². The van der Waals surface area contributed by atoms with Crippen molar-refractivity contribution in [2.45, 2.75) is 23.7 Å². The third kappa shape index (κ3) is 5.84. The summed E-state index contributed by atoms with van der Waals surface area (Å²) >= 11 is 6.99. The minimum Gasteiger partial charge on any atom is -0.406 e. The molecule has 2 aromatic carbocycles. The first kappa shape index (κ1) is 20.9. The number of carbonyl (C=O) groups is 1. The fourth-order valence-corrected chi connectivity index (χ4v) is 3.22. The molecular weight excluding hydrogens is 431 g/mol. The first-order valence-corrected chi connectivity index (χ1v) is 9.35. The molecule has 0 spiro atoms. The second kappa shape index (κ2) is 8.70. The van der Waals surface area contributed by atoms with E-state index >= 15 is 0 Å². The predicted octanol–water partition coefficient (Wildman–Crippen LogP) is 4.33. The number of hydrogen-bond acceptors (Lipinski definition) is 6. The van der Waals surface area contributed by atoms with Gasteiger partial charge in [-0.25, -0.2) is 0 Å². The van der Waals surface area contributed by atoms with Crippen LogP contribution < -0.4 is 10.1 Å². The smallest absolute Gasteiger partial charge is 0.406 e. The second-order valence-electron chi connectivity index (χ2n) is 5.67. The number of carbonyl (C=O) groups excluding carboxylic acids is 1. The molecular formula is C17H13ClF3N5O2S. The fraction of sp³-hybridized carbons (Fsp3) is 0.176. The lowest BCUT2D eigenvalue weighted by atomic mass is 10.3. The number of ether oxygens (including phenoxy) is 1. The Kier molecular flexibility index (Phi) is 6.28. The Hall–Kier alpha value is -2.79. The van der Waals surface area contributed by atoms with Crippen LogP contribution in [0.4, 0.5) is 18.9 Å². The molecule has 1 aromatic heterocycles. The fourth-order valence-electron chi connectivity index (χ4n) is 2.23. The highest BCUT2D eigenvalue weighted by atomic mass is 35.5. The van der Waals surface area contributed by atoms with E-state index in [4.69, 9.17) is 11.6 Å². The molecule has 152 valence electrons. The number of rotatable bonds is 6. The average Bonchev–Trinajstić information content (AvgIpc) is 3.09. The van der Waals surface area contributed by atoms with E-state index in [1.165, 1.54) is 16.8 Å². The summed E-state index contributed by atoms with van der Waals surface area (Å²) < 4.78 is 42.0. The largest absolute Gasteiger partial charge is 0.573 e. The quantitative estimate of drug-likeness (QED) is 0.571. The molecule has 0 saturated carbocycles. The van der Waals surface area contributed by atoms with E-state index in [9.17, 15) is 18.0 Å². The molecule has 1 amide bonds. The van der Waals surface area contributed by atoms with Crippen molar-refractivity contribution < 1.29 is 22.7 Å². The lowest BCUT2D eigenvalue weighted by Gasteiger charge is -2.12. The van der Waals surface area contributed by atoms with Crippen molar-refractivity contribution in [3.05, 3.63) is 53.6 Å². The molecule has 0 aliphatic rings. The van der Waals surface area contributed by atoms with Crippen LogP contribution in [0.15, 0.2) is 53.7 Å². The number of tetrazole rings is 1. The number of hydrogen-bond donors (Lipinski definition) is 1. The number of thioether (sulfide) groups is 1. The van der Waals surface area contributed by atoms with Gasteiger partial charge in [-0.3, -0.25) is 4.79 Å². The van der Waals surface area contributed by atoms with Gasteiger partial charge in [-0.05, 0) is 59.8 Å². The molecule has 0 fully saturated rings. The highest BCUT2D eigenvalue weighted by Crippen LogP contribution is 2.27. The Morgan fingerprint density at radius 2 is 1.97 bits per heavy atom. The van der Waals surface area contributed by atoms with Crippen LogP contribution in [0.1, 0.15) is 6.92 Å². The minimum absolute atomic E-state index is 0.291. The Morgan fingerprint density at radius 3 is 2.62 bits per heavy atom. The Bertz CT molecular complexity index is 997. The van der Waals surface area contributed by atoms with Gasteiger partial charge >= 0.3 is 6.36 Å².